The van der Waals surface area contributed by atoms with Crippen LogP contribution in [0.1, 0.15) is 10.5 Å². The molecule has 0 aliphatic carbocycles. The van der Waals surface area contributed by atoms with Gasteiger partial charge in [0.15, 0.2) is 0 Å². The van der Waals surface area contributed by atoms with E-state index >= 15 is 0 Å². The normalized spacial score (nSPS) is 13.9. The van der Waals surface area contributed by atoms with E-state index in [0.29, 0.717) is 41.1 Å². The average Bonchev–Trinajstić information content (AvgIpc) is 3.06. The standard InChI is InChI=1S/C20H19ClN4O3/c1-24-17(10-16(23-24)14-6-3-4-8-18(14)27-2)20(26)25-11-13(12-25)28-19-15(21)7-5-9-22-19/h3-10,13H,11-12H2,1-2H3. The van der Waals surface area contributed by atoms with E-state index in [1.807, 2.05) is 24.3 Å². The predicted molar refractivity (Wildman–Crippen MR) is 105 cm³/mol. The van der Waals surface area contributed by atoms with E-state index in [9.17, 15) is 4.79 Å². The highest BCUT2D eigenvalue weighted by Crippen LogP contribution is 2.30. The third-order valence-corrected chi connectivity index (χ3v) is 4.91. The monoisotopic (exact) mass is 398 g/mol. The maximum atomic E-state index is 12.8. The highest BCUT2D eigenvalue weighted by atomic mass is 35.5. The molecule has 0 atom stereocenters. The van der Waals surface area contributed by atoms with E-state index in [4.69, 9.17) is 21.1 Å². The first-order valence-electron chi connectivity index (χ1n) is 8.80. The quantitative estimate of drug-likeness (QED) is 0.660. The zero-order valence-corrected chi connectivity index (χ0v) is 16.3. The van der Waals surface area contributed by atoms with E-state index in [-0.39, 0.29) is 12.0 Å². The lowest BCUT2D eigenvalue weighted by Crippen LogP contribution is -2.56. The van der Waals surface area contributed by atoms with Gasteiger partial charge in [0.1, 0.15) is 22.6 Å². The molecule has 1 amide bonds. The first-order valence-corrected chi connectivity index (χ1v) is 9.18. The summed E-state index contributed by atoms with van der Waals surface area (Å²) in [5, 5.41) is 4.94. The van der Waals surface area contributed by atoms with Gasteiger partial charge in [-0.2, -0.15) is 5.10 Å². The number of hydrogen-bond donors (Lipinski definition) is 0. The number of carbonyl (C=O) groups is 1. The number of methoxy groups -OCH3 is 1. The molecule has 3 aromatic rings. The van der Waals surface area contributed by atoms with Crippen molar-refractivity contribution >= 4 is 17.5 Å². The first kappa shape index (κ1) is 18.3. The van der Waals surface area contributed by atoms with Crippen LogP contribution in [0.3, 0.4) is 0 Å². The number of pyridine rings is 1. The van der Waals surface area contributed by atoms with Gasteiger partial charge in [-0.05, 0) is 30.3 Å². The van der Waals surface area contributed by atoms with Crippen molar-refractivity contribution in [3.05, 3.63) is 59.4 Å². The summed E-state index contributed by atoms with van der Waals surface area (Å²) in [5.74, 6) is 1.01. The molecular weight excluding hydrogens is 380 g/mol. The predicted octanol–water partition coefficient (Wildman–Crippen LogP) is 3.05. The Morgan fingerprint density at radius 2 is 2.00 bits per heavy atom. The van der Waals surface area contributed by atoms with Crippen molar-refractivity contribution in [1.82, 2.24) is 19.7 Å². The van der Waals surface area contributed by atoms with Gasteiger partial charge in [0, 0.05) is 18.8 Å². The Morgan fingerprint density at radius 3 is 2.75 bits per heavy atom. The molecular formula is C20H19ClN4O3. The van der Waals surface area contributed by atoms with Crippen molar-refractivity contribution < 1.29 is 14.3 Å². The Hall–Kier alpha value is -3.06. The number of rotatable bonds is 5. The fourth-order valence-electron chi connectivity index (χ4n) is 3.11. The third kappa shape index (κ3) is 3.41. The Morgan fingerprint density at radius 1 is 1.21 bits per heavy atom. The number of nitrogens with zero attached hydrogens (tertiary/aromatic N) is 4. The van der Waals surface area contributed by atoms with Gasteiger partial charge in [-0.1, -0.05) is 23.7 Å². The average molecular weight is 399 g/mol. The number of aryl methyl sites for hydroxylation is 1. The summed E-state index contributed by atoms with van der Waals surface area (Å²) in [6.07, 6.45) is 1.50. The Kier molecular flexibility index (Phi) is 4.92. The summed E-state index contributed by atoms with van der Waals surface area (Å²) in [5.41, 5.74) is 2.04. The van der Waals surface area contributed by atoms with Crippen LogP contribution in [0.25, 0.3) is 11.3 Å². The summed E-state index contributed by atoms with van der Waals surface area (Å²) in [4.78, 5) is 18.7. The number of hydrogen-bond acceptors (Lipinski definition) is 5. The minimum atomic E-state index is -0.127. The maximum Gasteiger partial charge on any atom is 0.272 e. The van der Waals surface area contributed by atoms with Crippen LogP contribution < -0.4 is 9.47 Å². The highest BCUT2D eigenvalue weighted by molar-refractivity contribution is 6.31. The Labute approximate surface area is 167 Å². The number of aromatic nitrogens is 3. The minimum absolute atomic E-state index is 0.0943. The highest BCUT2D eigenvalue weighted by Gasteiger charge is 2.35. The van der Waals surface area contributed by atoms with Gasteiger partial charge >= 0.3 is 0 Å². The van der Waals surface area contributed by atoms with E-state index in [1.165, 1.54) is 0 Å². The molecule has 0 bridgehead atoms. The fourth-order valence-corrected chi connectivity index (χ4v) is 3.28. The van der Waals surface area contributed by atoms with Crippen LogP contribution in [0.2, 0.25) is 5.02 Å². The molecule has 0 N–H and O–H groups in total. The van der Waals surface area contributed by atoms with Gasteiger partial charge in [-0.15, -0.1) is 0 Å². The molecule has 4 rings (SSSR count). The minimum Gasteiger partial charge on any atom is -0.496 e. The van der Waals surface area contributed by atoms with Crippen LogP contribution in [-0.4, -0.2) is 51.9 Å². The lowest BCUT2D eigenvalue weighted by atomic mass is 10.1. The molecule has 144 valence electrons. The van der Waals surface area contributed by atoms with Crippen LogP contribution in [0.15, 0.2) is 48.7 Å². The van der Waals surface area contributed by atoms with Crippen molar-refractivity contribution in [2.45, 2.75) is 6.10 Å². The molecule has 1 aliphatic heterocycles. The summed E-state index contributed by atoms with van der Waals surface area (Å²) >= 11 is 6.06. The number of ether oxygens (including phenoxy) is 2. The van der Waals surface area contributed by atoms with Crippen molar-refractivity contribution in [3.63, 3.8) is 0 Å². The van der Waals surface area contributed by atoms with Gasteiger partial charge in [-0.3, -0.25) is 9.48 Å². The molecule has 0 radical (unpaired) electrons. The van der Waals surface area contributed by atoms with Gasteiger partial charge in [-0.25, -0.2) is 4.98 Å². The smallest absolute Gasteiger partial charge is 0.272 e. The SMILES string of the molecule is COc1ccccc1-c1cc(C(=O)N2CC(Oc3ncccc3Cl)C2)n(C)n1. The van der Waals surface area contributed by atoms with E-state index < -0.39 is 0 Å². The zero-order valence-electron chi connectivity index (χ0n) is 15.5. The molecule has 2 aromatic heterocycles. The summed E-state index contributed by atoms with van der Waals surface area (Å²) < 4.78 is 12.7. The number of halogens is 1. The van der Waals surface area contributed by atoms with Crippen LogP contribution in [0, 0.1) is 0 Å². The summed E-state index contributed by atoms with van der Waals surface area (Å²) in [6, 6.07) is 12.8. The number of carbonyl (C=O) groups excluding carboxylic acids is 1. The molecule has 0 unspecified atom stereocenters. The molecule has 1 fully saturated rings. The van der Waals surface area contributed by atoms with E-state index in [2.05, 4.69) is 10.1 Å². The second-order valence-electron chi connectivity index (χ2n) is 6.48. The second kappa shape index (κ2) is 7.52. The molecule has 28 heavy (non-hydrogen) atoms. The molecule has 7 nitrogen and oxygen atoms in total. The summed E-state index contributed by atoms with van der Waals surface area (Å²) in [7, 11) is 3.37. The fraction of sp³-hybridized carbons (Fsp3) is 0.250. The van der Waals surface area contributed by atoms with Crippen LogP contribution in [0.4, 0.5) is 0 Å². The molecule has 3 heterocycles. The van der Waals surface area contributed by atoms with Crippen LogP contribution in [-0.2, 0) is 7.05 Å². The van der Waals surface area contributed by atoms with Crippen molar-refractivity contribution in [3.8, 4) is 22.9 Å². The van der Waals surface area contributed by atoms with Gasteiger partial charge in [0.2, 0.25) is 5.88 Å². The lowest BCUT2D eigenvalue weighted by molar-refractivity contribution is 0.0152. The Bertz CT molecular complexity index is 1010. The summed E-state index contributed by atoms with van der Waals surface area (Å²) in [6.45, 7) is 0.946. The molecule has 8 heteroatoms. The number of likely N-dealkylation sites (tertiary alicyclic amines) is 1. The van der Waals surface area contributed by atoms with Gasteiger partial charge in [0.25, 0.3) is 5.91 Å². The van der Waals surface area contributed by atoms with Crippen molar-refractivity contribution in [2.24, 2.45) is 7.05 Å². The van der Waals surface area contributed by atoms with Crippen LogP contribution in [0.5, 0.6) is 11.6 Å². The molecule has 1 aromatic carbocycles. The molecule has 0 saturated carbocycles. The molecule has 1 saturated heterocycles. The van der Waals surface area contributed by atoms with E-state index in [1.54, 1.807) is 48.1 Å². The largest absolute Gasteiger partial charge is 0.496 e. The van der Waals surface area contributed by atoms with Crippen LogP contribution >= 0.6 is 11.6 Å². The molecule has 1 aliphatic rings. The van der Waals surface area contributed by atoms with Gasteiger partial charge < -0.3 is 14.4 Å². The topological polar surface area (TPSA) is 69.5 Å². The lowest BCUT2D eigenvalue weighted by Gasteiger charge is -2.38. The molecule has 0 spiro atoms. The first-order chi connectivity index (χ1) is 13.6. The second-order valence-corrected chi connectivity index (χ2v) is 6.89. The number of para-hydroxylation sites is 1. The van der Waals surface area contributed by atoms with Crippen molar-refractivity contribution in [2.75, 3.05) is 20.2 Å². The number of amides is 1. The Balaban J connectivity index is 1.45. The third-order valence-electron chi connectivity index (χ3n) is 4.62. The van der Waals surface area contributed by atoms with Crippen molar-refractivity contribution in [1.29, 1.82) is 0 Å². The van der Waals surface area contributed by atoms with E-state index in [0.717, 1.165) is 5.56 Å². The maximum absolute atomic E-state index is 12.8. The van der Waals surface area contributed by atoms with Gasteiger partial charge in [0.05, 0.1) is 25.9 Å². The number of benzene rings is 1. The zero-order chi connectivity index (χ0) is 19.7.